The quantitative estimate of drug-likeness (QED) is 0.726. The van der Waals surface area contributed by atoms with E-state index in [9.17, 15) is 0 Å². The molecule has 0 N–H and O–H groups in total. The SMILES string of the molecule is CC=O.Cc1cc2c(cnn2C)c(C(C)(C)C)c1C1CC1C. The van der Waals surface area contributed by atoms with Gasteiger partial charge in [-0.2, -0.15) is 5.10 Å². The van der Waals surface area contributed by atoms with Crippen LogP contribution in [0, 0.1) is 12.8 Å². The van der Waals surface area contributed by atoms with Gasteiger partial charge in [0.25, 0.3) is 0 Å². The number of hydrogen-bond donors (Lipinski definition) is 0. The number of fused-ring (bicyclic) bond motifs is 1. The van der Waals surface area contributed by atoms with Crippen LogP contribution < -0.4 is 0 Å². The summed E-state index contributed by atoms with van der Waals surface area (Å²) in [6.07, 6.45) is 4.14. The van der Waals surface area contributed by atoms with E-state index in [0.29, 0.717) is 0 Å². The van der Waals surface area contributed by atoms with Gasteiger partial charge < -0.3 is 4.79 Å². The number of nitrogens with zero attached hydrogens (tertiary/aromatic N) is 2. The molecule has 3 rings (SSSR count). The van der Waals surface area contributed by atoms with Crippen LogP contribution in [-0.4, -0.2) is 16.1 Å². The van der Waals surface area contributed by atoms with Crippen LogP contribution in [0.25, 0.3) is 10.9 Å². The average Bonchev–Trinajstić information content (AvgIpc) is 3.01. The first-order valence-corrected chi connectivity index (χ1v) is 8.07. The molecule has 1 aromatic heterocycles. The van der Waals surface area contributed by atoms with Crippen molar-refractivity contribution < 1.29 is 4.79 Å². The highest BCUT2D eigenvalue weighted by molar-refractivity contribution is 5.86. The zero-order chi connectivity index (χ0) is 16.7. The molecule has 1 saturated carbocycles. The summed E-state index contributed by atoms with van der Waals surface area (Å²) in [7, 11) is 2.04. The number of aromatic nitrogens is 2. The standard InChI is InChI=1S/C17H24N2.C2H4O/c1-10-7-12(10)15-11(2)8-14-13(9-18-19(14)6)16(15)17(3,4)5;1-2-3/h8-10,12H,7H2,1-6H3;2H,1H3. The minimum atomic E-state index is 0.172. The van der Waals surface area contributed by atoms with Crippen LogP contribution >= 0.6 is 0 Å². The summed E-state index contributed by atoms with van der Waals surface area (Å²) in [6, 6.07) is 2.32. The zero-order valence-electron chi connectivity index (χ0n) is 14.9. The lowest BCUT2D eigenvalue weighted by atomic mass is 9.78. The molecule has 0 radical (unpaired) electrons. The highest BCUT2D eigenvalue weighted by Gasteiger charge is 2.39. The fourth-order valence-corrected chi connectivity index (χ4v) is 3.45. The third kappa shape index (κ3) is 2.94. The molecule has 1 heterocycles. The van der Waals surface area contributed by atoms with Gasteiger partial charge in [-0.05, 0) is 60.3 Å². The van der Waals surface area contributed by atoms with Crippen molar-refractivity contribution in [2.45, 2.75) is 59.3 Å². The van der Waals surface area contributed by atoms with Gasteiger partial charge in [0.2, 0.25) is 0 Å². The maximum absolute atomic E-state index is 8.81. The maximum Gasteiger partial charge on any atom is 0.116 e. The van der Waals surface area contributed by atoms with E-state index in [1.54, 1.807) is 5.56 Å². The van der Waals surface area contributed by atoms with E-state index in [4.69, 9.17) is 4.79 Å². The molecule has 0 bridgehead atoms. The summed E-state index contributed by atoms with van der Waals surface area (Å²) in [5, 5.41) is 5.81. The molecular formula is C19H28N2O. The predicted molar refractivity (Wildman–Crippen MR) is 92.4 cm³/mol. The summed E-state index contributed by atoms with van der Waals surface area (Å²) < 4.78 is 2.00. The summed E-state index contributed by atoms with van der Waals surface area (Å²) >= 11 is 0. The van der Waals surface area contributed by atoms with Crippen LogP contribution in [0.4, 0.5) is 0 Å². The van der Waals surface area contributed by atoms with Crippen molar-refractivity contribution >= 4 is 17.2 Å². The lowest BCUT2D eigenvalue weighted by molar-refractivity contribution is -0.106. The first-order chi connectivity index (χ1) is 10.2. The van der Waals surface area contributed by atoms with Crippen molar-refractivity contribution in [2.24, 2.45) is 13.0 Å². The molecule has 0 saturated heterocycles. The molecule has 0 amide bonds. The number of rotatable bonds is 1. The molecule has 22 heavy (non-hydrogen) atoms. The third-order valence-electron chi connectivity index (χ3n) is 4.53. The van der Waals surface area contributed by atoms with E-state index in [2.05, 4.69) is 45.8 Å². The van der Waals surface area contributed by atoms with Gasteiger partial charge >= 0.3 is 0 Å². The summed E-state index contributed by atoms with van der Waals surface area (Å²) in [6.45, 7) is 13.0. The van der Waals surface area contributed by atoms with Crippen LogP contribution in [-0.2, 0) is 17.3 Å². The predicted octanol–water partition coefficient (Wildman–Crippen LogP) is 4.51. The molecular weight excluding hydrogens is 272 g/mol. The van der Waals surface area contributed by atoms with Gasteiger partial charge in [0.15, 0.2) is 0 Å². The fraction of sp³-hybridized carbons (Fsp3) is 0.579. The number of carbonyl (C=O) groups is 1. The van der Waals surface area contributed by atoms with E-state index in [0.717, 1.165) is 18.1 Å². The fourth-order valence-electron chi connectivity index (χ4n) is 3.45. The van der Waals surface area contributed by atoms with Gasteiger partial charge in [-0.25, -0.2) is 0 Å². The first kappa shape index (κ1) is 16.7. The normalized spacial score (nSPS) is 20.5. The van der Waals surface area contributed by atoms with E-state index in [-0.39, 0.29) is 5.41 Å². The molecule has 1 aromatic carbocycles. The Kier molecular flexibility index (Phi) is 4.46. The Balaban J connectivity index is 0.000000545. The summed E-state index contributed by atoms with van der Waals surface area (Å²) in [5.41, 5.74) is 5.99. The van der Waals surface area contributed by atoms with E-state index in [1.807, 2.05) is 17.9 Å². The Morgan fingerprint density at radius 2 is 1.91 bits per heavy atom. The summed E-state index contributed by atoms with van der Waals surface area (Å²) in [5.74, 6) is 1.60. The molecule has 3 nitrogen and oxygen atoms in total. The van der Waals surface area contributed by atoms with Gasteiger partial charge in [-0.1, -0.05) is 27.7 Å². The summed E-state index contributed by atoms with van der Waals surface area (Å²) in [4.78, 5) is 8.81. The van der Waals surface area contributed by atoms with Crippen LogP contribution in [0.1, 0.15) is 63.6 Å². The molecule has 120 valence electrons. The molecule has 2 aromatic rings. The van der Waals surface area contributed by atoms with Gasteiger partial charge in [-0.15, -0.1) is 0 Å². The lowest BCUT2D eigenvalue weighted by Crippen LogP contribution is -2.16. The number of hydrogen-bond acceptors (Lipinski definition) is 2. The van der Waals surface area contributed by atoms with Crippen molar-refractivity contribution in [3.8, 4) is 0 Å². The minimum absolute atomic E-state index is 0.172. The monoisotopic (exact) mass is 300 g/mol. The lowest BCUT2D eigenvalue weighted by Gasteiger charge is -2.26. The van der Waals surface area contributed by atoms with Crippen LogP contribution in [0.2, 0.25) is 0 Å². The average molecular weight is 300 g/mol. The highest BCUT2D eigenvalue weighted by Crippen LogP contribution is 2.52. The minimum Gasteiger partial charge on any atom is -0.304 e. The highest BCUT2D eigenvalue weighted by atomic mass is 16.1. The second kappa shape index (κ2) is 5.86. The molecule has 3 heteroatoms. The van der Waals surface area contributed by atoms with Crippen molar-refractivity contribution in [1.29, 1.82) is 0 Å². The van der Waals surface area contributed by atoms with E-state index in [1.165, 1.54) is 35.4 Å². The molecule has 1 fully saturated rings. The molecule has 2 unspecified atom stereocenters. The van der Waals surface area contributed by atoms with Crippen LogP contribution in [0.3, 0.4) is 0 Å². The molecule has 1 aliphatic rings. The Labute approximate surface area is 133 Å². The number of carbonyl (C=O) groups excluding carboxylic acids is 1. The molecule has 0 aliphatic heterocycles. The van der Waals surface area contributed by atoms with Crippen molar-refractivity contribution in [2.75, 3.05) is 0 Å². The topological polar surface area (TPSA) is 34.9 Å². The van der Waals surface area contributed by atoms with Crippen LogP contribution in [0.5, 0.6) is 0 Å². The van der Waals surface area contributed by atoms with Gasteiger partial charge in [0.1, 0.15) is 6.29 Å². The molecule has 2 atom stereocenters. The molecule has 1 aliphatic carbocycles. The van der Waals surface area contributed by atoms with E-state index >= 15 is 0 Å². The van der Waals surface area contributed by atoms with Gasteiger partial charge in [0, 0.05) is 12.4 Å². The smallest absolute Gasteiger partial charge is 0.116 e. The van der Waals surface area contributed by atoms with Crippen LogP contribution in [0.15, 0.2) is 12.3 Å². The number of aryl methyl sites for hydroxylation is 2. The second-order valence-corrected chi connectivity index (χ2v) is 7.49. The zero-order valence-corrected chi connectivity index (χ0v) is 14.9. The maximum atomic E-state index is 8.81. The van der Waals surface area contributed by atoms with Gasteiger partial charge in [-0.3, -0.25) is 4.68 Å². The van der Waals surface area contributed by atoms with E-state index < -0.39 is 0 Å². The van der Waals surface area contributed by atoms with Crippen molar-refractivity contribution in [1.82, 2.24) is 9.78 Å². The van der Waals surface area contributed by atoms with Crippen molar-refractivity contribution in [3.05, 3.63) is 29.0 Å². The Morgan fingerprint density at radius 3 is 2.36 bits per heavy atom. The molecule has 0 spiro atoms. The largest absolute Gasteiger partial charge is 0.304 e. The van der Waals surface area contributed by atoms with Gasteiger partial charge in [0.05, 0.1) is 11.7 Å². The Bertz CT molecular complexity index is 692. The van der Waals surface area contributed by atoms with Crippen molar-refractivity contribution in [3.63, 3.8) is 0 Å². The third-order valence-corrected chi connectivity index (χ3v) is 4.53. The first-order valence-electron chi connectivity index (χ1n) is 8.07. The Hall–Kier alpha value is -1.64. The number of aldehydes is 1. The Morgan fingerprint density at radius 1 is 1.36 bits per heavy atom. The number of benzene rings is 1. The second-order valence-electron chi connectivity index (χ2n) is 7.49.